The van der Waals surface area contributed by atoms with Crippen LogP contribution in [0, 0.1) is 5.82 Å². The molecule has 1 aliphatic rings. The van der Waals surface area contributed by atoms with Crippen LogP contribution in [0.1, 0.15) is 12.8 Å². The summed E-state index contributed by atoms with van der Waals surface area (Å²) in [5, 5.41) is 8.84. The number of nitrogens with zero attached hydrogens (tertiary/aromatic N) is 1. The molecule has 0 aliphatic carbocycles. The fraction of sp³-hybridized carbons (Fsp3) is 0.467. The van der Waals surface area contributed by atoms with Gasteiger partial charge in [-0.15, -0.1) is 0 Å². The summed E-state index contributed by atoms with van der Waals surface area (Å²) in [7, 11) is 1.57. The van der Waals surface area contributed by atoms with Crippen LogP contribution in [0.2, 0.25) is 0 Å². The Morgan fingerprint density at radius 2 is 2.05 bits per heavy atom. The van der Waals surface area contributed by atoms with E-state index in [4.69, 9.17) is 14.6 Å². The molecule has 0 unspecified atom stereocenters. The van der Waals surface area contributed by atoms with E-state index in [1.807, 2.05) is 0 Å². The molecular formula is C15H18FNO5. The molecule has 1 saturated heterocycles. The van der Waals surface area contributed by atoms with Gasteiger partial charge in [-0.3, -0.25) is 4.79 Å². The predicted molar refractivity (Wildman–Crippen MR) is 75.1 cm³/mol. The number of amides is 1. The number of aliphatic carboxylic acids is 1. The van der Waals surface area contributed by atoms with E-state index in [0.717, 1.165) is 0 Å². The van der Waals surface area contributed by atoms with E-state index in [-0.39, 0.29) is 24.8 Å². The molecule has 1 N–H and O–H groups in total. The highest BCUT2D eigenvalue weighted by Gasteiger charge is 2.35. The summed E-state index contributed by atoms with van der Waals surface area (Å²) in [4.78, 5) is 24.3. The Morgan fingerprint density at radius 1 is 1.36 bits per heavy atom. The Labute approximate surface area is 127 Å². The van der Waals surface area contributed by atoms with Crippen molar-refractivity contribution in [2.75, 3.05) is 20.2 Å². The van der Waals surface area contributed by atoms with E-state index in [1.54, 1.807) is 19.2 Å². The standard InChI is InChI=1S/C15H18FNO5/c1-17(8-9-21-11-5-3-2-4-10(11)16)14(18)12-6-7-13(22-12)15(19)20/h2-5,12-13H,6-9H2,1H3,(H,19,20)/t12-,13+/m0/s1. The number of halogens is 1. The Bertz CT molecular complexity index is 550. The summed E-state index contributed by atoms with van der Waals surface area (Å²) in [6, 6.07) is 6.02. The van der Waals surface area contributed by atoms with Gasteiger partial charge < -0.3 is 19.5 Å². The summed E-state index contributed by atoms with van der Waals surface area (Å²) in [6.07, 6.45) is -0.948. The largest absolute Gasteiger partial charge is 0.489 e. The van der Waals surface area contributed by atoms with Crippen LogP contribution in [0.3, 0.4) is 0 Å². The Kier molecular flexibility index (Phi) is 5.32. The number of likely N-dealkylation sites (N-methyl/N-ethyl adjacent to an activating group) is 1. The highest BCUT2D eigenvalue weighted by molar-refractivity contribution is 5.82. The molecule has 0 saturated carbocycles. The first-order valence-corrected chi connectivity index (χ1v) is 6.99. The van der Waals surface area contributed by atoms with Crippen LogP contribution in [-0.4, -0.2) is 54.3 Å². The third kappa shape index (κ3) is 3.94. The number of para-hydroxylation sites is 1. The maximum atomic E-state index is 13.4. The highest BCUT2D eigenvalue weighted by Crippen LogP contribution is 2.21. The van der Waals surface area contributed by atoms with Crippen LogP contribution in [0.25, 0.3) is 0 Å². The minimum absolute atomic E-state index is 0.131. The molecule has 1 amide bonds. The zero-order valence-electron chi connectivity index (χ0n) is 12.2. The number of carbonyl (C=O) groups excluding carboxylic acids is 1. The molecule has 2 atom stereocenters. The third-order valence-electron chi connectivity index (χ3n) is 3.47. The van der Waals surface area contributed by atoms with Gasteiger partial charge in [0.15, 0.2) is 17.7 Å². The highest BCUT2D eigenvalue weighted by atomic mass is 19.1. The summed E-state index contributed by atoms with van der Waals surface area (Å²) in [5.41, 5.74) is 0. The molecule has 22 heavy (non-hydrogen) atoms. The monoisotopic (exact) mass is 311 g/mol. The van der Waals surface area contributed by atoms with Crippen molar-refractivity contribution in [1.29, 1.82) is 0 Å². The normalized spacial score (nSPS) is 20.6. The molecule has 1 aliphatic heterocycles. The maximum Gasteiger partial charge on any atom is 0.332 e. The van der Waals surface area contributed by atoms with Crippen molar-refractivity contribution in [3.8, 4) is 5.75 Å². The summed E-state index contributed by atoms with van der Waals surface area (Å²) in [6.45, 7) is 0.392. The smallest absolute Gasteiger partial charge is 0.332 e. The number of ether oxygens (including phenoxy) is 2. The lowest BCUT2D eigenvalue weighted by Gasteiger charge is -2.21. The lowest BCUT2D eigenvalue weighted by Crippen LogP contribution is -2.39. The molecule has 1 aromatic rings. The van der Waals surface area contributed by atoms with Gasteiger partial charge in [-0.05, 0) is 25.0 Å². The number of rotatable bonds is 6. The molecule has 0 spiro atoms. The molecule has 2 rings (SSSR count). The first-order chi connectivity index (χ1) is 10.5. The maximum absolute atomic E-state index is 13.4. The third-order valence-corrected chi connectivity index (χ3v) is 3.47. The van der Waals surface area contributed by atoms with Crippen LogP contribution < -0.4 is 4.74 Å². The second-order valence-corrected chi connectivity index (χ2v) is 5.07. The van der Waals surface area contributed by atoms with E-state index >= 15 is 0 Å². The van der Waals surface area contributed by atoms with Gasteiger partial charge in [-0.2, -0.15) is 0 Å². The lowest BCUT2D eigenvalue weighted by atomic mass is 10.2. The average molecular weight is 311 g/mol. The number of carbonyl (C=O) groups is 2. The van der Waals surface area contributed by atoms with E-state index in [2.05, 4.69) is 0 Å². The van der Waals surface area contributed by atoms with Crippen molar-refractivity contribution in [2.45, 2.75) is 25.0 Å². The Hall–Kier alpha value is -2.15. The molecule has 0 aromatic heterocycles. The van der Waals surface area contributed by atoms with Crippen LogP contribution in [0.15, 0.2) is 24.3 Å². The fourth-order valence-corrected chi connectivity index (χ4v) is 2.21. The van der Waals surface area contributed by atoms with Crippen LogP contribution in [0.5, 0.6) is 5.75 Å². The summed E-state index contributed by atoms with van der Waals surface area (Å²) < 4.78 is 23.8. The first kappa shape index (κ1) is 16.2. The number of hydrogen-bond acceptors (Lipinski definition) is 4. The number of carboxylic acid groups (broad SMARTS) is 1. The van der Waals surface area contributed by atoms with Gasteiger partial charge in [0, 0.05) is 7.05 Å². The van der Waals surface area contributed by atoms with E-state index < -0.39 is 24.0 Å². The van der Waals surface area contributed by atoms with Gasteiger partial charge in [0.1, 0.15) is 12.7 Å². The second kappa shape index (κ2) is 7.22. The van der Waals surface area contributed by atoms with Gasteiger partial charge >= 0.3 is 5.97 Å². The zero-order valence-corrected chi connectivity index (χ0v) is 12.2. The minimum Gasteiger partial charge on any atom is -0.489 e. The van der Waals surface area contributed by atoms with E-state index in [9.17, 15) is 14.0 Å². The number of carboxylic acids is 1. The number of hydrogen-bond donors (Lipinski definition) is 1. The van der Waals surface area contributed by atoms with Gasteiger partial charge in [0.05, 0.1) is 6.54 Å². The van der Waals surface area contributed by atoms with Crippen LogP contribution in [0.4, 0.5) is 4.39 Å². The van der Waals surface area contributed by atoms with Crippen molar-refractivity contribution < 1.29 is 28.6 Å². The molecule has 1 aromatic carbocycles. The van der Waals surface area contributed by atoms with Gasteiger partial charge in [0.2, 0.25) is 0 Å². The van der Waals surface area contributed by atoms with Crippen LogP contribution >= 0.6 is 0 Å². The summed E-state index contributed by atoms with van der Waals surface area (Å²) >= 11 is 0. The van der Waals surface area contributed by atoms with Crippen LogP contribution in [-0.2, 0) is 14.3 Å². The molecule has 120 valence electrons. The van der Waals surface area contributed by atoms with Crippen molar-refractivity contribution in [3.63, 3.8) is 0 Å². The van der Waals surface area contributed by atoms with Crippen molar-refractivity contribution in [1.82, 2.24) is 4.90 Å². The molecular weight excluding hydrogens is 293 g/mol. The SMILES string of the molecule is CN(CCOc1ccccc1F)C(=O)[C@@H]1CC[C@H](C(=O)O)O1. The summed E-state index contributed by atoms with van der Waals surface area (Å²) in [5.74, 6) is -1.67. The second-order valence-electron chi connectivity index (χ2n) is 5.07. The Balaban J connectivity index is 1.78. The average Bonchev–Trinajstić information content (AvgIpc) is 2.98. The van der Waals surface area contributed by atoms with Gasteiger partial charge in [0.25, 0.3) is 5.91 Å². The first-order valence-electron chi connectivity index (χ1n) is 6.99. The molecule has 0 bridgehead atoms. The van der Waals surface area contributed by atoms with E-state index in [1.165, 1.54) is 17.0 Å². The van der Waals surface area contributed by atoms with Crippen molar-refractivity contribution >= 4 is 11.9 Å². The quantitative estimate of drug-likeness (QED) is 0.857. The molecule has 1 heterocycles. The van der Waals surface area contributed by atoms with Crippen molar-refractivity contribution in [3.05, 3.63) is 30.1 Å². The molecule has 1 fully saturated rings. The van der Waals surface area contributed by atoms with Gasteiger partial charge in [-0.25, -0.2) is 9.18 Å². The molecule has 6 nitrogen and oxygen atoms in total. The fourth-order valence-electron chi connectivity index (χ4n) is 2.21. The lowest BCUT2D eigenvalue weighted by molar-refractivity contribution is -0.154. The number of benzene rings is 1. The zero-order chi connectivity index (χ0) is 16.1. The molecule has 0 radical (unpaired) electrons. The van der Waals surface area contributed by atoms with Gasteiger partial charge in [-0.1, -0.05) is 12.1 Å². The molecule has 7 heteroatoms. The minimum atomic E-state index is -1.05. The van der Waals surface area contributed by atoms with E-state index in [0.29, 0.717) is 12.8 Å². The Morgan fingerprint density at radius 3 is 2.68 bits per heavy atom. The topological polar surface area (TPSA) is 76.1 Å². The van der Waals surface area contributed by atoms with Crippen molar-refractivity contribution in [2.24, 2.45) is 0 Å². The predicted octanol–water partition coefficient (Wildman–Crippen LogP) is 1.30.